The van der Waals surface area contributed by atoms with Crippen molar-refractivity contribution in [1.29, 1.82) is 0 Å². The van der Waals surface area contributed by atoms with Crippen molar-refractivity contribution in [2.24, 2.45) is 0 Å². The zero-order chi connectivity index (χ0) is 13.1. The maximum absolute atomic E-state index is 10.7. The van der Waals surface area contributed by atoms with Gasteiger partial charge in [0.25, 0.3) is 0 Å². The Morgan fingerprint density at radius 3 is 2.67 bits per heavy atom. The van der Waals surface area contributed by atoms with Crippen molar-refractivity contribution >= 4 is 23.5 Å². The SMILES string of the molecule is CN(Cc1ccccc1Cl)c1ccc(C(=O)O)o1. The van der Waals surface area contributed by atoms with Gasteiger partial charge in [-0.2, -0.15) is 0 Å². The fourth-order valence-electron chi connectivity index (χ4n) is 1.61. The van der Waals surface area contributed by atoms with E-state index >= 15 is 0 Å². The van der Waals surface area contributed by atoms with Gasteiger partial charge in [0.05, 0.1) is 0 Å². The highest BCUT2D eigenvalue weighted by molar-refractivity contribution is 6.31. The largest absolute Gasteiger partial charge is 0.475 e. The lowest BCUT2D eigenvalue weighted by Gasteiger charge is -2.16. The van der Waals surface area contributed by atoms with Gasteiger partial charge in [0.1, 0.15) is 0 Å². The minimum absolute atomic E-state index is 0.0731. The summed E-state index contributed by atoms with van der Waals surface area (Å²) in [4.78, 5) is 12.5. The molecule has 0 saturated heterocycles. The Balaban J connectivity index is 2.14. The molecular weight excluding hydrogens is 254 g/mol. The molecule has 0 fully saturated rings. The van der Waals surface area contributed by atoms with Gasteiger partial charge in [0.2, 0.25) is 5.76 Å². The first-order chi connectivity index (χ1) is 8.58. The number of nitrogens with zero attached hydrogens (tertiary/aromatic N) is 1. The predicted octanol–water partition coefficient (Wildman–Crippen LogP) is 3.27. The Hall–Kier alpha value is -1.94. The summed E-state index contributed by atoms with van der Waals surface area (Å²) in [6.45, 7) is 0.548. The fourth-order valence-corrected chi connectivity index (χ4v) is 1.80. The van der Waals surface area contributed by atoms with Gasteiger partial charge in [-0.15, -0.1) is 0 Å². The molecule has 0 radical (unpaired) electrons. The van der Waals surface area contributed by atoms with Gasteiger partial charge >= 0.3 is 5.97 Å². The number of carboxylic acid groups (broad SMARTS) is 1. The first kappa shape index (κ1) is 12.5. The van der Waals surface area contributed by atoms with Crippen LogP contribution in [0.2, 0.25) is 5.02 Å². The van der Waals surface area contributed by atoms with E-state index in [2.05, 4.69) is 0 Å². The number of hydrogen-bond acceptors (Lipinski definition) is 3. The zero-order valence-corrected chi connectivity index (χ0v) is 10.5. The summed E-state index contributed by atoms with van der Waals surface area (Å²) in [5.41, 5.74) is 0.954. The summed E-state index contributed by atoms with van der Waals surface area (Å²) in [7, 11) is 1.81. The molecule has 0 unspecified atom stereocenters. The van der Waals surface area contributed by atoms with Crippen molar-refractivity contribution in [3.8, 4) is 0 Å². The molecule has 0 aliphatic heterocycles. The van der Waals surface area contributed by atoms with Crippen LogP contribution in [0.5, 0.6) is 0 Å². The molecule has 0 amide bonds. The third kappa shape index (κ3) is 2.65. The number of rotatable bonds is 4. The van der Waals surface area contributed by atoms with E-state index in [4.69, 9.17) is 21.1 Å². The van der Waals surface area contributed by atoms with Crippen LogP contribution in [-0.4, -0.2) is 18.1 Å². The smallest absolute Gasteiger partial charge is 0.371 e. The Kier molecular flexibility index (Phi) is 3.58. The molecule has 0 saturated carbocycles. The summed E-state index contributed by atoms with van der Waals surface area (Å²) < 4.78 is 5.20. The normalized spacial score (nSPS) is 10.3. The summed E-state index contributed by atoms with van der Waals surface area (Å²) in [6.07, 6.45) is 0. The molecule has 1 heterocycles. The third-order valence-corrected chi connectivity index (χ3v) is 2.91. The van der Waals surface area contributed by atoms with E-state index in [1.165, 1.54) is 6.07 Å². The van der Waals surface area contributed by atoms with Crippen molar-refractivity contribution < 1.29 is 14.3 Å². The molecule has 94 valence electrons. The zero-order valence-electron chi connectivity index (χ0n) is 9.76. The quantitative estimate of drug-likeness (QED) is 0.922. The number of carboxylic acids is 1. The standard InChI is InChI=1S/C13H12ClNO3/c1-15(8-9-4-2-3-5-10(9)14)12-7-6-11(18-12)13(16)17/h2-7H,8H2,1H3,(H,16,17). The van der Waals surface area contributed by atoms with Gasteiger partial charge in [-0.25, -0.2) is 4.79 Å². The fraction of sp³-hybridized carbons (Fsp3) is 0.154. The Labute approximate surface area is 109 Å². The van der Waals surface area contributed by atoms with Crippen molar-refractivity contribution in [1.82, 2.24) is 0 Å². The molecule has 1 aromatic carbocycles. The maximum atomic E-state index is 10.7. The highest BCUT2D eigenvalue weighted by Crippen LogP contribution is 2.22. The monoisotopic (exact) mass is 265 g/mol. The molecule has 0 aliphatic carbocycles. The van der Waals surface area contributed by atoms with Crippen LogP contribution < -0.4 is 4.90 Å². The summed E-state index contributed by atoms with van der Waals surface area (Å²) in [6, 6.07) is 10.6. The molecule has 2 rings (SSSR count). The molecular formula is C13H12ClNO3. The molecule has 2 aromatic rings. The Bertz CT molecular complexity index is 565. The number of aromatic carboxylic acids is 1. The van der Waals surface area contributed by atoms with E-state index in [-0.39, 0.29) is 5.76 Å². The number of anilines is 1. The van der Waals surface area contributed by atoms with Crippen LogP contribution in [0.3, 0.4) is 0 Å². The van der Waals surface area contributed by atoms with Crippen molar-refractivity contribution in [2.45, 2.75) is 6.54 Å². The second-order valence-corrected chi connectivity index (χ2v) is 4.30. The van der Waals surface area contributed by atoms with Crippen LogP contribution in [0.25, 0.3) is 0 Å². The minimum atomic E-state index is -1.08. The van der Waals surface area contributed by atoms with Gasteiger partial charge in [0, 0.05) is 24.7 Å². The molecule has 5 heteroatoms. The van der Waals surface area contributed by atoms with E-state index in [1.54, 1.807) is 11.0 Å². The van der Waals surface area contributed by atoms with E-state index in [0.29, 0.717) is 17.5 Å². The molecule has 1 aromatic heterocycles. The van der Waals surface area contributed by atoms with Crippen molar-refractivity contribution in [2.75, 3.05) is 11.9 Å². The number of hydrogen-bond donors (Lipinski definition) is 1. The topological polar surface area (TPSA) is 53.7 Å². The van der Waals surface area contributed by atoms with Crippen molar-refractivity contribution in [3.05, 3.63) is 52.7 Å². The number of furan rings is 1. The maximum Gasteiger partial charge on any atom is 0.371 e. The Morgan fingerprint density at radius 2 is 2.06 bits per heavy atom. The predicted molar refractivity (Wildman–Crippen MR) is 69.2 cm³/mol. The molecule has 0 aliphatic rings. The lowest BCUT2D eigenvalue weighted by atomic mass is 10.2. The van der Waals surface area contributed by atoms with Gasteiger partial charge in [-0.05, 0) is 17.7 Å². The molecule has 4 nitrogen and oxygen atoms in total. The summed E-state index contributed by atoms with van der Waals surface area (Å²) in [5.74, 6) is -0.657. The van der Waals surface area contributed by atoms with Crippen LogP contribution in [0, 0.1) is 0 Å². The van der Waals surface area contributed by atoms with Crippen LogP contribution in [0.1, 0.15) is 16.1 Å². The second-order valence-electron chi connectivity index (χ2n) is 3.89. The average molecular weight is 266 g/mol. The van der Waals surface area contributed by atoms with Crippen LogP contribution in [0.15, 0.2) is 40.8 Å². The van der Waals surface area contributed by atoms with Gasteiger partial charge < -0.3 is 14.4 Å². The first-order valence-corrected chi connectivity index (χ1v) is 5.73. The van der Waals surface area contributed by atoms with Crippen molar-refractivity contribution in [3.63, 3.8) is 0 Å². The van der Waals surface area contributed by atoms with Gasteiger partial charge in [0.15, 0.2) is 5.88 Å². The lowest BCUT2D eigenvalue weighted by Crippen LogP contribution is -2.15. The van der Waals surface area contributed by atoms with E-state index < -0.39 is 5.97 Å². The first-order valence-electron chi connectivity index (χ1n) is 5.35. The van der Waals surface area contributed by atoms with E-state index in [9.17, 15) is 4.79 Å². The third-order valence-electron chi connectivity index (χ3n) is 2.54. The summed E-state index contributed by atoms with van der Waals surface area (Å²) in [5, 5.41) is 9.46. The van der Waals surface area contributed by atoms with Gasteiger partial charge in [-0.1, -0.05) is 29.8 Å². The van der Waals surface area contributed by atoms with E-state index in [1.807, 2.05) is 31.3 Å². The van der Waals surface area contributed by atoms with Crippen LogP contribution in [-0.2, 0) is 6.54 Å². The lowest BCUT2D eigenvalue weighted by molar-refractivity contribution is 0.0663. The molecule has 0 bridgehead atoms. The minimum Gasteiger partial charge on any atom is -0.475 e. The highest BCUT2D eigenvalue weighted by Gasteiger charge is 2.12. The molecule has 1 N–H and O–H groups in total. The second kappa shape index (κ2) is 5.14. The Morgan fingerprint density at radius 1 is 1.33 bits per heavy atom. The van der Waals surface area contributed by atoms with Crippen LogP contribution in [0.4, 0.5) is 5.88 Å². The van der Waals surface area contributed by atoms with E-state index in [0.717, 1.165) is 5.56 Å². The molecule has 18 heavy (non-hydrogen) atoms. The number of carbonyl (C=O) groups is 1. The number of halogens is 1. The average Bonchev–Trinajstić information content (AvgIpc) is 2.81. The summed E-state index contributed by atoms with van der Waals surface area (Å²) >= 11 is 6.06. The molecule has 0 spiro atoms. The van der Waals surface area contributed by atoms with Gasteiger partial charge in [-0.3, -0.25) is 0 Å². The highest BCUT2D eigenvalue weighted by atomic mass is 35.5. The number of benzene rings is 1. The molecule has 0 atom stereocenters. The van der Waals surface area contributed by atoms with Crippen LogP contribution >= 0.6 is 11.6 Å².